The highest BCUT2D eigenvalue weighted by Crippen LogP contribution is 2.21. The first-order chi connectivity index (χ1) is 7.30. The molecule has 1 rings (SSSR count). The SMILES string of the molecule is CC(C)(Cc1cnc(F)cc1I)OC(N)=O. The summed E-state index contributed by atoms with van der Waals surface area (Å²) in [6.45, 7) is 3.47. The summed E-state index contributed by atoms with van der Waals surface area (Å²) >= 11 is 2.01. The molecule has 0 aliphatic rings. The fourth-order valence-electron chi connectivity index (χ4n) is 1.33. The second kappa shape index (κ2) is 4.94. The summed E-state index contributed by atoms with van der Waals surface area (Å²) in [5.74, 6) is -0.526. The number of pyridine rings is 1. The van der Waals surface area contributed by atoms with Crippen LogP contribution in [-0.2, 0) is 11.2 Å². The normalized spacial score (nSPS) is 11.2. The molecule has 88 valence electrons. The van der Waals surface area contributed by atoms with Gasteiger partial charge in [-0.3, -0.25) is 0 Å². The molecule has 0 atom stereocenters. The van der Waals surface area contributed by atoms with Gasteiger partial charge in [-0.05, 0) is 42.0 Å². The van der Waals surface area contributed by atoms with Crippen LogP contribution in [0.4, 0.5) is 9.18 Å². The van der Waals surface area contributed by atoms with Crippen LogP contribution in [0.5, 0.6) is 0 Å². The molecule has 0 aliphatic heterocycles. The van der Waals surface area contributed by atoms with Gasteiger partial charge in [0, 0.05) is 22.3 Å². The molecule has 1 heterocycles. The van der Waals surface area contributed by atoms with Gasteiger partial charge in [0.2, 0.25) is 5.95 Å². The first-order valence-electron chi connectivity index (χ1n) is 4.58. The molecular weight excluding hydrogens is 326 g/mol. The van der Waals surface area contributed by atoms with Crippen LogP contribution in [-0.4, -0.2) is 16.7 Å². The van der Waals surface area contributed by atoms with Crippen LogP contribution in [0.3, 0.4) is 0 Å². The van der Waals surface area contributed by atoms with Crippen molar-refractivity contribution in [2.75, 3.05) is 0 Å². The number of rotatable bonds is 3. The molecule has 1 aromatic heterocycles. The Kier molecular flexibility index (Phi) is 4.06. The van der Waals surface area contributed by atoms with Crippen LogP contribution < -0.4 is 5.73 Å². The van der Waals surface area contributed by atoms with Gasteiger partial charge in [0.15, 0.2) is 0 Å². The lowest BCUT2D eigenvalue weighted by Gasteiger charge is -2.24. The minimum absolute atomic E-state index is 0.432. The average molecular weight is 338 g/mol. The molecule has 0 radical (unpaired) electrons. The Morgan fingerprint density at radius 2 is 2.31 bits per heavy atom. The standard InChI is InChI=1S/C10H12FIN2O2/c1-10(2,16-9(13)15)4-6-5-14-8(11)3-7(6)12/h3,5H,4H2,1-2H3,(H2,13,15). The van der Waals surface area contributed by atoms with Crippen molar-refractivity contribution in [1.82, 2.24) is 4.98 Å². The third-order valence-corrected chi connectivity index (χ3v) is 2.89. The van der Waals surface area contributed by atoms with E-state index < -0.39 is 17.6 Å². The van der Waals surface area contributed by atoms with Crippen LogP contribution >= 0.6 is 22.6 Å². The van der Waals surface area contributed by atoms with Gasteiger partial charge in [-0.15, -0.1) is 0 Å². The number of hydrogen-bond acceptors (Lipinski definition) is 3. The molecule has 0 fully saturated rings. The minimum Gasteiger partial charge on any atom is -0.443 e. The molecular formula is C10H12FIN2O2. The lowest BCUT2D eigenvalue weighted by molar-refractivity contribution is 0.0458. The summed E-state index contributed by atoms with van der Waals surface area (Å²) in [6, 6.07) is 1.33. The maximum Gasteiger partial charge on any atom is 0.405 e. The molecule has 0 saturated heterocycles. The number of aromatic nitrogens is 1. The van der Waals surface area contributed by atoms with Crippen LogP contribution in [0.15, 0.2) is 12.3 Å². The molecule has 0 aromatic carbocycles. The maximum atomic E-state index is 12.8. The van der Waals surface area contributed by atoms with E-state index in [0.29, 0.717) is 6.42 Å². The van der Waals surface area contributed by atoms with E-state index in [1.54, 1.807) is 13.8 Å². The Hall–Kier alpha value is -0.920. The smallest absolute Gasteiger partial charge is 0.405 e. The molecule has 2 N–H and O–H groups in total. The number of hydrogen-bond donors (Lipinski definition) is 1. The lowest BCUT2D eigenvalue weighted by atomic mass is 10.00. The van der Waals surface area contributed by atoms with E-state index in [0.717, 1.165) is 9.13 Å². The first-order valence-corrected chi connectivity index (χ1v) is 5.66. The van der Waals surface area contributed by atoms with E-state index in [4.69, 9.17) is 10.5 Å². The Labute approximate surface area is 107 Å². The highest BCUT2D eigenvalue weighted by atomic mass is 127. The zero-order chi connectivity index (χ0) is 12.3. The predicted octanol–water partition coefficient (Wildman–Crippen LogP) is 2.24. The second-order valence-corrected chi connectivity index (χ2v) is 5.12. The van der Waals surface area contributed by atoms with E-state index >= 15 is 0 Å². The van der Waals surface area contributed by atoms with Crippen LogP contribution in [0.2, 0.25) is 0 Å². The largest absolute Gasteiger partial charge is 0.443 e. The summed E-state index contributed by atoms with van der Waals surface area (Å²) in [4.78, 5) is 14.2. The van der Waals surface area contributed by atoms with E-state index in [2.05, 4.69) is 4.98 Å². The monoisotopic (exact) mass is 338 g/mol. The van der Waals surface area contributed by atoms with Gasteiger partial charge in [0.1, 0.15) is 5.60 Å². The van der Waals surface area contributed by atoms with Crippen LogP contribution in [0.25, 0.3) is 0 Å². The first kappa shape index (κ1) is 13.1. The molecule has 6 heteroatoms. The van der Waals surface area contributed by atoms with E-state index in [9.17, 15) is 9.18 Å². The van der Waals surface area contributed by atoms with Gasteiger partial charge in [-0.1, -0.05) is 0 Å². The summed E-state index contributed by atoms with van der Waals surface area (Å²) in [7, 11) is 0. The molecule has 0 bridgehead atoms. The number of amides is 1. The fourth-order valence-corrected chi connectivity index (χ4v) is 1.92. The third-order valence-electron chi connectivity index (χ3n) is 1.89. The Morgan fingerprint density at radius 1 is 1.69 bits per heavy atom. The van der Waals surface area contributed by atoms with Crippen LogP contribution in [0, 0.1) is 9.52 Å². The van der Waals surface area contributed by atoms with Gasteiger partial charge in [0.25, 0.3) is 0 Å². The summed E-state index contributed by atoms with van der Waals surface area (Å²) < 4.78 is 18.5. The van der Waals surface area contributed by atoms with Crippen LogP contribution in [0.1, 0.15) is 19.4 Å². The summed E-state index contributed by atoms with van der Waals surface area (Å²) in [5.41, 5.74) is 5.04. The lowest BCUT2D eigenvalue weighted by Crippen LogP contribution is -2.33. The van der Waals surface area contributed by atoms with Gasteiger partial charge < -0.3 is 10.5 Å². The molecule has 1 amide bonds. The number of halogens is 2. The van der Waals surface area contributed by atoms with Crippen molar-refractivity contribution >= 4 is 28.7 Å². The van der Waals surface area contributed by atoms with Crippen molar-refractivity contribution in [2.45, 2.75) is 25.9 Å². The minimum atomic E-state index is -0.824. The molecule has 0 unspecified atom stereocenters. The topological polar surface area (TPSA) is 65.2 Å². The third kappa shape index (κ3) is 3.92. The summed E-state index contributed by atoms with van der Waals surface area (Å²) in [6.07, 6.45) is 1.04. The number of primary amides is 1. The fraction of sp³-hybridized carbons (Fsp3) is 0.400. The molecule has 4 nitrogen and oxygen atoms in total. The van der Waals surface area contributed by atoms with Crippen molar-refractivity contribution in [1.29, 1.82) is 0 Å². The summed E-state index contributed by atoms with van der Waals surface area (Å²) in [5, 5.41) is 0. The highest BCUT2D eigenvalue weighted by Gasteiger charge is 2.23. The molecule has 0 aliphatic carbocycles. The van der Waals surface area contributed by atoms with Crippen molar-refractivity contribution < 1.29 is 13.9 Å². The molecule has 1 aromatic rings. The maximum absolute atomic E-state index is 12.8. The number of ether oxygens (including phenoxy) is 1. The average Bonchev–Trinajstić information content (AvgIpc) is 2.07. The van der Waals surface area contributed by atoms with E-state index in [1.807, 2.05) is 22.6 Å². The number of nitrogens with zero attached hydrogens (tertiary/aromatic N) is 1. The van der Waals surface area contributed by atoms with Crippen molar-refractivity contribution in [3.63, 3.8) is 0 Å². The van der Waals surface area contributed by atoms with Crippen molar-refractivity contribution in [3.8, 4) is 0 Å². The Bertz CT molecular complexity index is 410. The highest BCUT2D eigenvalue weighted by molar-refractivity contribution is 14.1. The molecule has 0 saturated carbocycles. The predicted molar refractivity (Wildman–Crippen MR) is 65.4 cm³/mol. The molecule has 0 spiro atoms. The Balaban J connectivity index is 2.83. The Morgan fingerprint density at radius 3 is 2.81 bits per heavy atom. The zero-order valence-electron chi connectivity index (χ0n) is 8.96. The quantitative estimate of drug-likeness (QED) is 0.679. The van der Waals surface area contributed by atoms with Gasteiger partial charge in [-0.25, -0.2) is 9.78 Å². The van der Waals surface area contributed by atoms with E-state index in [1.165, 1.54) is 12.3 Å². The number of carbonyl (C=O) groups excluding carboxylic acids is 1. The van der Waals surface area contributed by atoms with Crippen molar-refractivity contribution in [3.05, 3.63) is 27.3 Å². The van der Waals surface area contributed by atoms with Gasteiger partial charge in [-0.2, -0.15) is 4.39 Å². The zero-order valence-corrected chi connectivity index (χ0v) is 11.1. The van der Waals surface area contributed by atoms with Gasteiger partial charge >= 0.3 is 6.09 Å². The number of carbonyl (C=O) groups is 1. The second-order valence-electron chi connectivity index (χ2n) is 3.96. The number of nitrogens with two attached hydrogens (primary N) is 1. The van der Waals surface area contributed by atoms with Crippen molar-refractivity contribution in [2.24, 2.45) is 5.73 Å². The van der Waals surface area contributed by atoms with E-state index in [-0.39, 0.29) is 0 Å². The molecule has 16 heavy (non-hydrogen) atoms. The van der Waals surface area contributed by atoms with Gasteiger partial charge in [0.05, 0.1) is 0 Å².